The van der Waals surface area contributed by atoms with Gasteiger partial charge in [0, 0.05) is 11.8 Å². The first-order chi connectivity index (χ1) is 5.25. The molecule has 0 saturated heterocycles. The largest absolute Gasteiger partial charge is 0.303 e. The average molecular weight is 189 g/mol. The summed E-state index contributed by atoms with van der Waals surface area (Å²) in [4.78, 5) is 0. The Morgan fingerprint density at radius 1 is 1.91 bits per heavy atom. The molecule has 1 aromatic rings. The minimum Gasteiger partial charge on any atom is -0.303 e. The van der Waals surface area contributed by atoms with Crippen molar-refractivity contribution in [3.63, 3.8) is 0 Å². The molecule has 0 aliphatic heterocycles. The second kappa shape index (κ2) is 3.92. The predicted molar refractivity (Wildman–Crippen MR) is 50.5 cm³/mol. The molecule has 1 N–H and O–H groups in total. The summed E-state index contributed by atoms with van der Waals surface area (Å²) in [7, 11) is 0. The van der Waals surface area contributed by atoms with Gasteiger partial charge >= 0.3 is 0 Å². The molecule has 0 aliphatic carbocycles. The molecule has 0 radical (unpaired) electrons. The highest BCUT2D eigenvalue weighted by Gasteiger charge is 2.03. The molecule has 62 valence electrons. The minimum atomic E-state index is 0.427. The SMILES string of the molecule is CSCC(C)n1cn[nH]c1=S. The summed E-state index contributed by atoms with van der Waals surface area (Å²) in [5, 5.41) is 6.58. The third kappa shape index (κ3) is 2.07. The molecule has 0 amide bonds. The summed E-state index contributed by atoms with van der Waals surface area (Å²) < 4.78 is 2.66. The van der Waals surface area contributed by atoms with Crippen molar-refractivity contribution in [3.05, 3.63) is 11.1 Å². The number of hydrogen-bond acceptors (Lipinski definition) is 3. The Morgan fingerprint density at radius 2 is 2.64 bits per heavy atom. The summed E-state index contributed by atoms with van der Waals surface area (Å²) in [5.74, 6) is 1.06. The van der Waals surface area contributed by atoms with Crippen molar-refractivity contribution in [1.82, 2.24) is 14.8 Å². The molecule has 1 rings (SSSR count). The Hall–Kier alpha value is -0.290. The zero-order chi connectivity index (χ0) is 8.27. The molecule has 0 fully saturated rings. The van der Waals surface area contributed by atoms with Crippen LogP contribution in [0.1, 0.15) is 13.0 Å². The molecule has 1 aromatic heterocycles. The summed E-state index contributed by atoms with van der Waals surface area (Å²) >= 11 is 6.82. The molecule has 0 saturated carbocycles. The van der Waals surface area contributed by atoms with Gasteiger partial charge in [0.15, 0.2) is 4.77 Å². The number of aromatic amines is 1. The van der Waals surface area contributed by atoms with Crippen LogP contribution in [0.2, 0.25) is 0 Å². The Kier molecular flexibility index (Phi) is 3.14. The van der Waals surface area contributed by atoms with Crippen LogP contribution in [0.25, 0.3) is 0 Å². The van der Waals surface area contributed by atoms with Crippen LogP contribution in [0.4, 0.5) is 0 Å². The van der Waals surface area contributed by atoms with E-state index in [0.717, 1.165) is 5.75 Å². The molecule has 0 aliphatic rings. The van der Waals surface area contributed by atoms with Crippen LogP contribution < -0.4 is 0 Å². The van der Waals surface area contributed by atoms with Crippen LogP contribution in [0.15, 0.2) is 6.33 Å². The van der Waals surface area contributed by atoms with Crippen molar-refractivity contribution in [3.8, 4) is 0 Å². The Labute approximate surface area is 75.2 Å². The molecule has 5 heteroatoms. The van der Waals surface area contributed by atoms with Gasteiger partial charge in [0.2, 0.25) is 0 Å². The monoisotopic (exact) mass is 189 g/mol. The highest BCUT2D eigenvalue weighted by molar-refractivity contribution is 7.98. The quantitative estimate of drug-likeness (QED) is 0.737. The lowest BCUT2D eigenvalue weighted by Gasteiger charge is -2.09. The van der Waals surface area contributed by atoms with Gasteiger partial charge < -0.3 is 4.57 Å². The number of nitrogens with one attached hydrogen (secondary N) is 1. The molecule has 1 atom stereocenters. The molecule has 0 bridgehead atoms. The van der Waals surface area contributed by atoms with Crippen LogP contribution in [0, 0.1) is 4.77 Å². The minimum absolute atomic E-state index is 0.427. The average Bonchev–Trinajstić information content (AvgIpc) is 2.36. The Balaban J connectivity index is 2.75. The van der Waals surface area contributed by atoms with Gasteiger partial charge in [-0.1, -0.05) is 0 Å². The second-order valence-corrected chi connectivity index (χ2v) is 3.67. The van der Waals surface area contributed by atoms with Crippen LogP contribution >= 0.6 is 24.0 Å². The van der Waals surface area contributed by atoms with Gasteiger partial charge in [-0.25, -0.2) is 0 Å². The maximum Gasteiger partial charge on any atom is 0.195 e. The fraction of sp³-hybridized carbons (Fsp3) is 0.667. The maximum atomic E-state index is 5.01. The van der Waals surface area contributed by atoms with E-state index < -0.39 is 0 Å². The zero-order valence-electron chi connectivity index (χ0n) is 6.57. The highest BCUT2D eigenvalue weighted by atomic mass is 32.2. The molecule has 0 aromatic carbocycles. The van der Waals surface area contributed by atoms with E-state index in [9.17, 15) is 0 Å². The maximum absolute atomic E-state index is 5.01. The normalized spacial score (nSPS) is 13.3. The topological polar surface area (TPSA) is 33.6 Å². The number of thioether (sulfide) groups is 1. The van der Waals surface area contributed by atoms with Crippen LogP contribution in [0.5, 0.6) is 0 Å². The van der Waals surface area contributed by atoms with Crippen molar-refractivity contribution < 1.29 is 0 Å². The van der Waals surface area contributed by atoms with Crippen molar-refractivity contribution >= 4 is 24.0 Å². The number of hydrogen-bond donors (Lipinski definition) is 1. The van der Waals surface area contributed by atoms with Gasteiger partial charge in [-0.3, -0.25) is 5.10 Å². The van der Waals surface area contributed by atoms with Crippen LogP contribution in [-0.4, -0.2) is 26.8 Å². The molecular weight excluding hydrogens is 178 g/mol. The zero-order valence-corrected chi connectivity index (χ0v) is 8.21. The Morgan fingerprint density at radius 3 is 3.09 bits per heavy atom. The first-order valence-electron chi connectivity index (χ1n) is 3.36. The molecule has 0 spiro atoms. The van der Waals surface area contributed by atoms with E-state index in [4.69, 9.17) is 12.2 Å². The smallest absolute Gasteiger partial charge is 0.195 e. The highest BCUT2D eigenvalue weighted by Crippen LogP contribution is 2.10. The third-order valence-corrected chi connectivity index (χ3v) is 2.58. The lowest BCUT2D eigenvalue weighted by Crippen LogP contribution is -2.06. The van der Waals surface area contributed by atoms with Crippen LogP contribution in [-0.2, 0) is 0 Å². The van der Waals surface area contributed by atoms with E-state index in [-0.39, 0.29) is 0 Å². The number of aromatic nitrogens is 3. The third-order valence-electron chi connectivity index (χ3n) is 1.46. The van der Waals surface area contributed by atoms with Crippen molar-refractivity contribution in [1.29, 1.82) is 0 Å². The molecule has 1 heterocycles. The standard InChI is InChI=1S/C6H11N3S2/c1-5(3-11-2)9-4-7-8-6(9)10/h4-5H,3H2,1-2H3,(H,8,10). The van der Waals surface area contributed by atoms with Gasteiger partial charge in [-0.05, 0) is 25.4 Å². The summed E-state index contributed by atoms with van der Waals surface area (Å²) in [5.41, 5.74) is 0. The van der Waals surface area contributed by atoms with E-state index in [0.29, 0.717) is 10.8 Å². The molecular formula is C6H11N3S2. The lowest BCUT2D eigenvalue weighted by atomic mass is 10.4. The summed E-state index contributed by atoms with van der Waals surface area (Å²) in [6, 6.07) is 0.427. The Bertz CT molecular complexity index is 265. The van der Waals surface area contributed by atoms with E-state index in [1.165, 1.54) is 0 Å². The summed E-state index contributed by atoms with van der Waals surface area (Å²) in [6.07, 6.45) is 3.82. The second-order valence-electron chi connectivity index (χ2n) is 2.37. The first kappa shape index (κ1) is 8.80. The van der Waals surface area contributed by atoms with E-state index in [1.54, 1.807) is 6.33 Å². The van der Waals surface area contributed by atoms with Gasteiger partial charge in [0.1, 0.15) is 6.33 Å². The van der Waals surface area contributed by atoms with Crippen LogP contribution in [0.3, 0.4) is 0 Å². The van der Waals surface area contributed by atoms with E-state index in [2.05, 4.69) is 23.4 Å². The van der Waals surface area contributed by atoms with Crippen molar-refractivity contribution in [2.45, 2.75) is 13.0 Å². The number of rotatable bonds is 3. The van der Waals surface area contributed by atoms with Gasteiger partial charge in [0.25, 0.3) is 0 Å². The fourth-order valence-corrected chi connectivity index (χ4v) is 1.81. The lowest BCUT2D eigenvalue weighted by molar-refractivity contribution is 0.600. The van der Waals surface area contributed by atoms with Gasteiger partial charge in [-0.15, -0.1) is 0 Å². The van der Waals surface area contributed by atoms with Crippen molar-refractivity contribution in [2.24, 2.45) is 0 Å². The van der Waals surface area contributed by atoms with Gasteiger partial charge in [0.05, 0.1) is 0 Å². The predicted octanol–water partition coefficient (Wildman–Crippen LogP) is 1.86. The molecule has 11 heavy (non-hydrogen) atoms. The first-order valence-corrected chi connectivity index (χ1v) is 5.16. The number of nitrogens with zero attached hydrogens (tertiary/aromatic N) is 2. The fourth-order valence-electron chi connectivity index (χ4n) is 0.892. The molecule has 1 unspecified atom stereocenters. The van der Waals surface area contributed by atoms with E-state index in [1.807, 2.05) is 16.3 Å². The number of H-pyrrole nitrogens is 1. The van der Waals surface area contributed by atoms with E-state index >= 15 is 0 Å². The molecule has 3 nitrogen and oxygen atoms in total. The van der Waals surface area contributed by atoms with Crippen molar-refractivity contribution in [2.75, 3.05) is 12.0 Å². The van der Waals surface area contributed by atoms with Gasteiger partial charge in [-0.2, -0.15) is 16.9 Å². The summed E-state index contributed by atoms with van der Waals surface area (Å²) in [6.45, 7) is 2.13.